The van der Waals surface area contributed by atoms with Crippen molar-refractivity contribution in [2.24, 2.45) is 0 Å². The van der Waals surface area contributed by atoms with Crippen LogP contribution in [0, 0.1) is 6.92 Å². The molecule has 150 valence electrons. The number of rotatable bonds is 4. The summed E-state index contributed by atoms with van der Waals surface area (Å²) in [7, 11) is -3.49. The van der Waals surface area contributed by atoms with E-state index in [-0.39, 0.29) is 0 Å². The number of hydrogen-bond acceptors (Lipinski definition) is 6. The SMILES string of the molecule is Cc1nc(-c2ccccc2)sc1C(=O)NNC(=O)C1CCCCN1S(C)(=O)=O. The van der Waals surface area contributed by atoms with Crippen molar-refractivity contribution >= 4 is 33.2 Å². The van der Waals surface area contributed by atoms with Crippen molar-refractivity contribution in [3.05, 3.63) is 40.9 Å². The molecule has 2 heterocycles. The number of thiazole rings is 1. The number of nitrogens with zero attached hydrogens (tertiary/aromatic N) is 2. The third-order valence-electron chi connectivity index (χ3n) is 4.51. The van der Waals surface area contributed by atoms with Gasteiger partial charge in [-0.15, -0.1) is 11.3 Å². The van der Waals surface area contributed by atoms with Gasteiger partial charge in [-0.3, -0.25) is 20.4 Å². The lowest BCUT2D eigenvalue weighted by molar-refractivity contribution is -0.126. The molecule has 0 radical (unpaired) electrons. The maximum Gasteiger partial charge on any atom is 0.281 e. The third-order valence-corrected chi connectivity index (χ3v) is 7.00. The molecule has 3 rings (SSSR count). The molecule has 2 N–H and O–H groups in total. The molecule has 0 spiro atoms. The summed E-state index contributed by atoms with van der Waals surface area (Å²) in [6.07, 6.45) is 2.98. The van der Waals surface area contributed by atoms with Gasteiger partial charge >= 0.3 is 0 Å². The largest absolute Gasteiger partial charge is 0.281 e. The highest BCUT2D eigenvalue weighted by Crippen LogP contribution is 2.27. The molecule has 10 heteroatoms. The van der Waals surface area contributed by atoms with E-state index < -0.39 is 27.9 Å². The molecule has 0 bridgehead atoms. The molecule has 1 aliphatic heterocycles. The second-order valence-electron chi connectivity index (χ2n) is 6.63. The number of sulfonamides is 1. The number of benzene rings is 1. The maximum atomic E-state index is 12.5. The number of aromatic nitrogens is 1. The van der Waals surface area contributed by atoms with E-state index in [4.69, 9.17) is 0 Å². The van der Waals surface area contributed by atoms with E-state index in [9.17, 15) is 18.0 Å². The Kier molecular flexibility index (Phi) is 6.11. The second-order valence-corrected chi connectivity index (χ2v) is 9.56. The normalized spacial score (nSPS) is 17.9. The standard InChI is InChI=1S/C18H22N4O4S2/c1-12-15(27-18(19-12)13-8-4-3-5-9-13)17(24)21-20-16(23)14-10-6-7-11-22(14)28(2,25)26/h3-5,8-9,14H,6-7,10-11H2,1-2H3,(H,20,23)(H,21,24). The van der Waals surface area contributed by atoms with Crippen LogP contribution in [0.1, 0.15) is 34.6 Å². The Balaban J connectivity index is 1.67. The Morgan fingerprint density at radius 3 is 2.57 bits per heavy atom. The molecule has 0 aliphatic carbocycles. The van der Waals surface area contributed by atoms with Gasteiger partial charge in [0, 0.05) is 12.1 Å². The van der Waals surface area contributed by atoms with Gasteiger partial charge in [-0.2, -0.15) is 4.31 Å². The molecule has 1 aromatic carbocycles. The predicted molar refractivity (Wildman–Crippen MR) is 107 cm³/mol. The Morgan fingerprint density at radius 2 is 1.89 bits per heavy atom. The van der Waals surface area contributed by atoms with Crippen molar-refractivity contribution in [3.8, 4) is 10.6 Å². The topological polar surface area (TPSA) is 108 Å². The first-order valence-corrected chi connectivity index (χ1v) is 11.5. The highest BCUT2D eigenvalue weighted by molar-refractivity contribution is 7.88. The minimum Gasteiger partial charge on any atom is -0.271 e. The number of piperidine rings is 1. The Hall–Kier alpha value is -2.30. The van der Waals surface area contributed by atoms with Gasteiger partial charge in [0.25, 0.3) is 11.8 Å². The monoisotopic (exact) mass is 422 g/mol. The molecule has 1 aromatic heterocycles. The molecular formula is C18H22N4O4S2. The molecule has 1 fully saturated rings. The van der Waals surface area contributed by atoms with Crippen molar-refractivity contribution in [1.82, 2.24) is 20.1 Å². The predicted octanol–water partition coefficient (Wildman–Crippen LogP) is 1.69. The van der Waals surface area contributed by atoms with Gasteiger partial charge in [-0.25, -0.2) is 13.4 Å². The van der Waals surface area contributed by atoms with Gasteiger partial charge in [-0.1, -0.05) is 36.8 Å². The lowest BCUT2D eigenvalue weighted by Gasteiger charge is -2.32. The molecule has 2 aromatic rings. The van der Waals surface area contributed by atoms with Crippen LogP contribution in [0.25, 0.3) is 10.6 Å². The lowest BCUT2D eigenvalue weighted by Crippen LogP contribution is -2.55. The smallest absolute Gasteiger partial charge is 0.271 e. The highest BCUT2D eigenvalue weighted by Gasteiger charge is 2.34. The average molecular weight is 423 g/mol. The zero-order chi connectivity index (χ0) is 20.3. The quantitative estimate of drug-likeness (QED) is 0.729. The Bertz CT molecular complexity index is 973. The zero-order valence-electron chi connectivity index (χ0n) is 15.6. The van der Waals surface area contributed by atoms with Crippen LogP contribution in [0.3, 0.4) is 0 Å². The Labute approximate surface area is 168 Å². The summed E-state index contributed by atoms with van der Waals surface area (Å²) in [5, 5.41) is 0.713. The van der Waals surface area contributed by atoms with Gasteiger partial charge in [0.15, 0.2) is 0 Å². The third kappa shape index (κ3) is 4.57. The summed E-state index contributed by atoms with van der Waals surface area (Å²) in [5.41, 5.74) is 6.22. The van der Waals surface area contributed by atoms with Crippen molar-refractivity contribution < 1.29 is 18.0 Å². The summed E-state index contributed by atoms with van der Waals surface area (Å²) in [6, 6.07) is 8.69. The van der Waals surface area contributed by atoms with Crippen molar-refractivity contribution in [3.63, 3.8) is 0 Å². The fourth-order valence-electron chi connectivity index (χ4n) is 3.13. The Morgan fingerprint density at radius 1 is 1.18 bits per heavy atom. The van der Waals surface area contributed by atoms with E-state index in [2.05, 4.69) is 15.8 Å². The molecule has 1 aliphatic rings. The highest BCUT2D eigenvalue weighted by atomic mass is 32.2. The number of aryl methyl sites for hydroxylation is 1. The van der Waals surface area contributed by atoms with Gasteiger partial charge in [-0.05, 0) is 19.8 Å². The number of hydrogen-bond donors (Lipinski definition) is 2. The van der Waals surface area contributed by atoms with E-state index in [0.717, 1.165) is 18.2 Å². The van der Waals surface area contributed by atoms with Gasteiger partial charge in [0.05, 0.1) is 11.9 Å². The van der Waals surface area contributed by atoms with Crippen molar-refractivity contribution in [1.29, 1.82) is 0 Å². The molecule has 1 unspecified atom stereocenters. The van der Waals surface area contributed by atoms with Crippen LogP contribution < -0.4 is 10.9 Å². The number of carbonyl (C=O) groups is 2. The van der Waals surface area contributed by atoms with Crippen LogP contribution in [-0.2, 0) is 14.8 Å². The summed E-state index contributed by atoms with van der Waals surface area (Å²) in [5.74, 6) is -1.02. The molecule has 8 nitrogen and oxygen atoms in total. The van der Waals surface area contributed by atoms with Crippen molar-refractivity contribution in [2.45, 2.75) is 32.2 Å². The molecule has 1 atom stereocenters. The van der Waals surface area contributed by atoms with Crippen LogP contribution in [0.5, 0.6) is 0 Å². The minimum absolute atomic E-state index is 0.305. The average Bonchev–Trinajstić information content (AvgIpc) is 3.07. The second kappa shape index (κ2) is 8.38. The molecular weight excluding hydrogens is 400 g/mol. The van der Waals surface area contributed by atoms with Crippen LogP contribution in [0.15, 0.2) is 30.3 Å². The number of amides is 2. The fraction of sp³-hybridized carbons (Fsp3) is 0.389. The van der Waals surface area contributed by atoms with E-state index in [1.807, 2.05) is 30.3 Å². The molecule has 1 saturated heterocycles. The van der Waals surface area contributed by atoms with Gasteiger partial charge in [0.2, 0.25) is 10.0 Å². The summed E-state index contributed by atoms with van der Waals surface area (Å²) >= 11 is 1.23. The first-order chi connectivity index (χ1) is 13.3. The number of hydrazine groups is 1. The summed E-state index contributed by atoms with van der Waals surface area (Å²) in [6.45, 7) is 2.03. The van der Waals surface area contributed by atoms with E-state index >= 15 is 0 Å². The zero-order valence-corrected chi connectivity index (χ0v) is 17.3. The van der Waals surface area contributed by atoms with E-state index in [1.54, 1.807) is 6.92 Å². The van der Waals surface area contributed by atoms with Crippen LogP contribution in [0.2, 0.25) is 0 Å². The fourth-order valence-corrected chi connectivity index (χ4v) is 5.22. The molecule has 28 heavy (non-hydrogen) atoms. The van der Waals surface area contributed by atoms with E-state index in [0.29, 0.717) is 35.0 Å². The summed E-state index contributed by atoms with van der Waals surface area (Å²) < 4.78 is 25.0. The van der Waals surface area contributed by atoms with Gasteiger partial charge in [0.1, 0.15) is 15.9 Å². The van der Waals surface area contributed by atoms with E-state index in [1.165, 1.54) is 15.6 Å². The first kappa shape index (κ1) is 20.4. The first-order valence-electron chi connectivity index (χ1n) is 8.87. The maximum absolute atomic E-state index is 12.5. The molecule has 0 saturated carbocycles. The van der Waals surface area contributed by atoms with Gasteiger partial charge < -0.3 is 0 Å². The lowest BCUT2D eigenvalue weighted by atomic mass is 10.0. The van der Waals surface area contributed by atoms with Crippen molar-refractivity contribution in [2.75, 3.05) is 12.8 Å². The number of carbonyl (C=O) groups excluding carboxylic acids is 2. The number of nitrogens with one attached hydrogen (secondary N) is 2. The van der Waals surface area contributed by atoms with Crippen LogP contribution in [-0.4, -0.2) is 48.4 Å². The van der Waals surface area contributed by atoms with Crippen LogP contribution in [0.4, 0.5) is 0 Å². The van der Waals surface area contributed by atoms with Crippen LogP contribution >= 0.6 is 11.3 Å². The molecule has 2 amide bonds. The summed E-state index contributed by atoms with van der Waals surface area (Å²) in [4.78, 5) is 29.8. The minimum atomic E-state index is -3.49.